The molecule has 0 aliphatic carbocycles. The van der Waals surface area contributed by atoms with Crippen molar-refractivity contribution in [3.8, 4) is 17.2 Å². The zero-order valence-corrected chi connectivity index (χ0v) is 18.8. The van der Waals surface area contributed by atoms with E-state index in [0.717, 1.165) is 15.8 Å². The van der Waals surface area contributed by atoms with Gasteiger partial charge in [-0.05, 0) is 71.7 Å². The van der Waals surface area contributed by atoms with Gasteiger partial charge in [-0.15, -0.1) is 0 Å². The molecule has 0 saturated carbocycles. The van der Waals surface area contributed by atoms with E-state index in [9.17, 15) is 9.59 Å². The lowest BCUT2D eigenvalue weighted by Crippen LogP contribution is -2.34. The van der Waals surface area contributed by atoms with Gasteiger partial charge in [-0.1, -0.05) is 0 Å². The van der Waals surface area contributed by atoms with Gasteiger partial charge in [0.1, 0.15) is 5.75 Å². The molecule has 0 radical (unpaired) electrons. The average molecular weight is 478 g/mol. The zero-order valence-electron chi connectivity index (χ0n) is 17.2. The van der Waals surface area contributed by atoms with Crippen molar-refractivity contribution in [2.24, 2.45) is 5.10 Å². The maximum Gasteiger partial charge on any atom is 0.259 e. The quantitative estimate of drug-likeness (QED) is 0.427. The molecule has 8 nitrogen and oxygen atoms in total. The van der Waals surface area contributed by atoms with Crippen LogP contribution in [0.4, 0.5) is 0 Å². The smallest absolute Gasteiger partial charge is 0.259 e. The number of hydrogen-bond acceptors (Lipinski definition) is 6. The van der Waals surface area contributed by atoms with Gasteiger partial charge in [0.2, 0.25) is 0 Å². The zero-order chi connectivity index (χ0) is 22.1. The fraction of sp³-hybridized carbons (Fsp3) is 0.286. The molecule has 0 spiro atoms. The molecule has 2 N–H and O–H groups in total. The predicted octanol–water partition coefficient (Wildman–Crippen LogP) is 3.13. The summed E-state index contributed by atoms with van der Waals surface area (Å²) in [7, 11) is 2.99. The fourth-order valence-electron chi connectivity index (χ4n) is 2.41. The van der Waals surface area contributed by atoms with E-state index in [2.05, 4.69) is 31.8 Å². The van der Waals surface area contributed by atoms with Crippen LogP contribution in [0.15, 0.2) is 46.0 Å². The molecular formula is C21H24BrN3O5. The van der Waals surface area contributed by atoms with E-state index in [1.165, 1.54) is 26.5 Å². The molecule has 0 aliphatic rings. The van der Waals surface area contributed by atoms with E-state index in [1.54, 1.807) is 12.1 Å². The summed E-state index contributed by atoms with van der Waals surface area (Å²) >= 11 is 3.44. The molecule has 2 rings (SSSR count). The van der Waals surface area contributed by atoms with Crippen molar-refractivity contribution in [2.45, 2.75) is 20.0 Å². The number of halogens is 1. The number of amides is 2. The van der Waals surface area contributed by atoms with Crippen LogP contribution >= 0.6 is 15.9 Å². The molecular weight excluding hydrogens is 454 g/mol. The predicted molar refractivity (Wildman–Crippen MR) is 118 cm³/mol. The Labute approximate surface area is 183 Å². The summed E-state index contributed by atoms with van der Waals surface area (Å²) in [5.74, 6) is 0.787. The number of nitrogens with one attached hydrogen (secondary N) is 2. The molecule has 160 valence electrons. The second-order valence-corrected chi connectivity index (χ2v) is 7.26. The van der Waals surface area contributed by atoms with E-state index in [0.29, 0.717) is 17.1 Å². The number of carbonyl (C=O) groups is 2. The maximum absolute atomic E-state index is 12.2. The lowest BCUT2D eigenvalue weighted by molar-refractivity contribution is -0.120. The van der Waals surface area contributed by atoms with Crippen molar-refractivity contribution in [1.29, 1.82) is 0 Å². The molecule has 2 aromatic rings. The normalized spacial score (nSPS) is 10.7. The van der Waals surface area contributed by atoms with Crippen LogP contribution in [0, 0.1) is 0 Å². The number of methoxy groups -OCH3 is 2. The van der Waals surface area contributed by atoms with E-state index in [4.69, 9.17) is 14.2 Å². The highest BCUT2D eigenvalue weighted by Gasteiger charge is 2.11. The summed E-state index contributed by atoms with van der Waals surface area (Å²) in [6.07, 6.45) is 1.56. The first kappa shape index (κ1) is 23.2. The van der Waals surface area contributed by atoms with Crippen LogP contribution in [0.1, 0.15) is 29.8 Å². The molecule has 2 aromatic carbocycles. The first-order valence-electron chi connectivity index (χ1n) is 9.12. The molecule has 0 unspecified atom stereocenters. The van der Waals surface area contributed by atoms with E-state index >= 15 is 0 Å². The molecule has 0 fully saturated rings. The minimum atomic E-state index is -0.459. The Morgan fingerprint density at radius 2 is 1.77 bits per heavy atom. The Morgan fingerprint density at radius 3 is 2.40 bits per heavy atom. The van der Waals surface area contributed by atoms with Crippen LogP contribution in [0.3, 0.4) is 0 Å². The van der Waals surface area contributed by atoms with Crippen LogP contribution in [0.2, 0.25) is 0 Å². The van der Waals surface area contributed by atoms with Gasteiger partial charge in [0, 0.05) is 5.56 Å². The van der Waals surface area contributed by atoms with Crippen molar-refractivity contribution >= 4 is 34.0 Å². The van der Waals surface area contributed by atoms with Gasteiger partial charge in [0.25, 0.3) is 11.8 Å². The summed E-state index contributed by atoms with van der Waals surface area (Å²) in [6.45, 7) is 3.66. The van der Waals surface area contributed by atoms with E-state index < -0.39 is 11.8 Å². The first-order chi connectivity index (χ1) is 14.3. The van der Waals surface area contributed by atoms with Gasteiger partial charge >= 0.3 is 0 Å². The Morgan fingerprint density at radius 1 is 1.07 bits per heavy atom. The molecule has 9 heteroatoms. The van der Waals surface area contributed by atoms with Crippen LogP contribution in [0.5, 0.6) is 17.2 Å². The van der Waals surface area contributed by atoms with Crippen molar-refractivity contribution in [1.82, 2.24) is 10.7 Å². The lowest BCUT2D eigenvalue weighted by Gasteiger charge is -2.11. The van der Waals surface area contributed by atoms with Crippen molar-refractivity contribution in [3.63, 3.8) is 0 Å². The molecule has 0 bridgehead atoms. The van der Waals surface area contributed by atoms with Gasteiger partial charge in [-0.3, -0.25) is 9.59 Å². The topological polar surface area (TPSA) is 98.2 Å². The highest BCUT2D eigenvalue weighted by molar-refractivity contribution is 9.10. The molecule has 0 aliphatic heterocycles. The largest absolute Gasteiger partial charge is 0.493 e. The minimum absolute atomic E-state index is 0.0642. The summed E-state index contributed by atoms with van der Waals surface area (Å²) in [4.78, 5) is 24.1. The van der Waals surface area contributed by atoms with Crippen molar-refractivity contribution in [3.05, 3.63) is 52.0 Å². The van der Waals surface area contributed by atoms with Crippen LogP contribution < -0.4 is 25.0 Å². The van der Waals surface area contributed by atoms with Crippen LogP contribution in [-0.4, -0.2) is 44.9 Å². The van der Waals surface area contributed by atoms with Gasteiger partial charge in [0.05, 0.1) is 37.6 Å². The van der Waals surface area contributed by atoms with Gasteiger partial charge in [-0.25, -0.2) is 5.43 Å². The second kappa shape index (κ2) is 11.2. The second-order valence-electron chi connectivity index (χ2n) is 6.40. The minimum Gasteiger partial charge on any atom is -0.493 e. The van der Waals surface area contributed by atoms with Crippen LogP contribution in [0.25, 0.3) is 0 Å². The monoisotopic (exact) mass is 477 g/mol. The standard InChI is InChI=1S/C21H24BrN3O5/c1-13(2)30-17-7-5-14(9-16(17)22)11-24-25-20(26)12-23-21(27)15-6-8-18(28-3)19(10-15)29-4/h5-11,13H,12H2,1-4H3,(H,23,27)(H,25,26)/b24-11+. The lowest BCUT2D eigenvalue weighted by atomic mass is 10.2. The Balaban J connectivity index is 1.86. The fourth-order valence-corrected chi connectivity index (χ4v) is 2.90. The van der Waals surface area contributed by atoms with Crippen molar-refractivity contribution in [2.75, 3.05) is 20.8 Å². The van der Waals surface area contributed by atoms with E-state index in [1.807, 2.05) is 32.0 Å². The number of rotatable bonds is 9. The molecule has 0 aromatic heterocycles. The number of benzene rings is 2. The summed E-state index contributed by atoms with van der Waals surface area (Å²) in [6, 6.07) is 10.2. The summed E-state index contributed by atoms with van der Waals surface area (Å²) in [5.41, 5.74) is 3.49. The molecule has 0 heterocycles. The Kier molecular flexibility index (Phi) is 8.67. The third kappa shape index (κ3) is 6.77. The number of ether oxygens (including phenoxy) is 3. The highest BCUT2D eigenvalue weighted by atomic mass is 79.9. The van der Waals surface area contributed by atoms with Gasteiger partial charge in [-0.2, -0.15) is 5.10 Å². The average Bonchev–Trinajstić information content (AvgIpc) is 2.73. The third-order valence-corrected chi connectivity index (χ3v) is 4.40. The first-order valence-corrected chi connectivity index (χ1v) is 9.91. The number of nitrogens with zero attached hydrogens (tertiary/aromatic N) is 1. The summed E-state index contributed by atoms with van der Waals surface area (Å²) < 4.78 is 16.7. The third-order valence-electron chi connectivity index (χ3n) is 3.78. The number of hydrazone groups is 1. The SMILES string of the molecule is COc1ccc(C(=O)NCC(=O)N/N=C/c2ccc(OC(C)C)c(Br)c2)cc1OC. The molecule has 30 heavy (non-hydrogen) atoms. The van der Waals surface area contributed by atoms with Gasteiger partial charge in [0.15, 0.2) is 11.5 Å². The van der Waals surface area contributed by atoms with Crippen LogP contribution in [-0.2, 0) is 4.79 Å². The van der Waals surface area contributed by atoms with E-state index in [-0.39, 0.29) is 12.6 Å². The van der Waals surface area contributed by atoms with Gasteiger partial charge < -0.3 is 19.5 Å². The van der Waals surface area contributed by atoms with Crippen molar-refractivity contribution < 1.29 is 23.8 Å². The summed E-state index contributed by atoms with van der Waals surface area (Å²) in [5, 5.41) is 6.43. The molecule has 0 atom stereocenters. The Hall–Kier alpha value is -3.07. The number of hydrogen-bond donors (Lipinski definition) is 2. The Bertz CT molecular complexity index is 931. The maximum atomic E-state index is 12.2. The molecule has 0 saturated heterocycles. The highest BCUT2D eigenvalue weighted by Crippen LogP contribution is 2.27. The number of carbonyl (C=O) groups excluding carboxylic acids is 2. The molecule has 2 amide bonds.